The van der Waals surface area contributed by atoms with Crippen LogP contribution in [0.4, 0.5) is 5.69 Å². The van der Waals surface area contributed by atoms with Crippen molar-refractivity contribution in [3.05, 3.63) is 53.1 Å². The zero-order chi connectivity index (χ0) is 13.7. The molecule has 100 valence electrons. The highest BCUT2D eigenvalue weighted by molar-refractivity contribution is 7.99. The van der Waals surface area contributed by atoms with Crippen molar-refractivity contribution in [2.45, 2.75) is 18.4 Å². The third-order valence-electron chi connectivity index (χ3n) is 2.73. The second-order valence-corrected chi connectivity index (χ2v) is 5.74. The van der Waals surface area contributed by atoms with Gasteiger partial charge in [-0.05, 0) is 29.5 Å². The molecule has 0 radical (unpaired) electrons. The number of anilines is 1. The topological polar surface area (TPSA) is 32.3 Å². The molecule has 0 saturated heterocycles. The Labute approximate surface area is 122 Å². The number of phenols is 1. The number of aromatic hydroxyl groups is 1. The molecule has 0 aromatic heterocycles. The Morgan fingerprint density at radius 2 is 1.95 bits per heavy atom. The first-order valence-corrected chi connectivity index (χ1v) is 7.50. The highest BCUT2D eigenvalue weighted by Gasteiger charge is 2.06. The standard InChI is InChI=1S/C15H16ClNOS/c1-2-19-14-9-4-3-6-11(14)10-17-13-8-5-7-12(16)15(13)18/h3-9,17-18H,2,10H2,1H3. The molecular weight excluding hydrogens is 278 g/mol. The maximum atomic E-state index is 9.85. The molecule has 0 aliphatic rings. The highest BCUT2D eigenvalue weighted by Crippen LogP contribution is 2.32. The van der Waals surface area contributed by atoms with Gasteiger partial charge in [-0.15, -0.1) is 11.8 Å². The summed E-state index contributed by atoms with van der Waals surface area (Å²) < 4.78 is 0. The normalized spacial score (nSPS) is 10.4. The van der Waals surface area contributed by atoms with Crippen LogP contribution in [0.25, 0.3) is 0 Å². The lowest BCUT2D eigenvalue weighted by Gasteiger charge is -2.12. The van der Waals surface area contributed by atoms with Crippen LogP contribution in [0.5, 0.6) is 5.75 Å². The second-order valence-electron chi connectivity index (χ2n) is 4.03. The van der Waals surface area contributed by atoms with Crippen LogP contribution in [0.3, 0.4) is 0 Å². The zero-order valence-electron chi connectivity index (χ0n) is 10.7. The molecule has 2 nitrogen and oxygen atoms in total. The monoisotopic (exact) mass is 293 g/mol. The zero-order valence-corrected chi connectivity index (χ0v) is 12.3. The van der Waals surface area contributed by atoms with Gasteiger partial charge in [0.05, 0.1) is 10.7 Å². The first kappa shape index (κ1) is 14.1. The lowest BCUT2D eigenvalue weighted by Crippen LogP contribution is -2.01. The molecule has 0 heterocycles. The van der Waals surface area contributed by atoms with Crippen LogP contribution >= 0.6 is 23.4 Å². The van der Waals surface area contributed by atoms with Gasteiger partial charge < -0.3 is 10.4 Å². The summed E-state index contributed by atoms with van der Waals surface area (Å²) in [5.41, 5.74) is 1.87. The molecule has 2 rings (SSSR count). The van der Waals surface area contributed by atoms with Gasteiger partial charge in [0.1, 0.15) is 0 Å². The third kappa shape index (κ3) is 3.58. The van der Waals surface area contributed by atoms with E-state index >= 15 is 0 Å². The average molecular weight is 294 g/mol. The minimum atomic E-state index is 0.102. The van der Waals surface area contributed by atoms with Gasteiger partial charge >= 0.3 is 0 Å². The molecule has 0 aliphatic heterocycles. The quantitative estimate of drug-likeness (QED) is 0.615. The van der Waals surface area contributed by atoms with Gasteiger partial charge in [-0.1, -0.05) is 42.8 Å². The molecule has 0 aliphatic carbocycles. The van der Waals surface area contributed by atoms with Crippen LogP contribution in [0, 0.1) is 0 Å². The van der Waals surface area contributed by atoms with Crippen LogP contribution in [0.2, 0.25) is 5.02 Å². The summed E-state index contributed by atoms with van der Waals surface area (Å²) in [6, 6.07) is 13.6. The summed E-state index contributed by atoms with van der Waals surface area (Å²) in [7, 11) is 0. The molecule has 0 saturated carbocycles. The molecule has 0 unspecified atom stereocenters. The summed E-state index contributed by atoms with van der Waals surface area (Å²) in [4.78, 5) is 1.26. The first-order valence-electron chi connectivity index (χ1n) is 6.14. The molecule has 2 aromatic rings. The van der Waals surface area contributed by atoms with Crippen LogP contribution in [-0.2, 0) is 6.54 Å². The van der Waals surface area contributed by atoms with Gasteiger partial charge in [-0.2, -0.15) is 0 Å². The van der Waals surface area contributed by atoms with Crippen molar-refractivity contribution >= 4 is 29.1 Å². The van der Waals surface area contributed by atoms with Crippen LogP contribution in [0.15, 0.2) is 47.4 Å². The van der Waals surface area contributed by atoms with E-state index in [0.717, 1.165) is 5.75 Å². The number of nitrogens with one attached hydrogen (secondary N) is 1. The van der Waals surface area contributed by atoms with Gasteiger partial charge in [0.15, 0.2) is 5.75 Å². The minimum Gasteiger partial charge on any atom is -0.504 e. The average Bonchev–Trinajstić information content (AvgIpc) is 2.42. The van der Waals surface area contributed by atoms with Gasteiger partial charge in [0.25, 0.3) is 0 Å². The molecular formula is C15H16ClNOS. The smallest absolute Gasteiger partial charge is 0.157 e. The maximum Gasteiger partial charge on any atom is 0.157 e. The number of rotatable bonds is 5. The van der Waals surface area contributed by atoms with Gasteiger partial charge in [-0.25, -0.2) is 0 Å². The number of phenolic OH excluding ortho intramolecular Hbond substituents is 1. The summed E-state index contributed by atoms with van der Waals surface area (Å²) >= 11 is 7.70. The molecule has 0 bridgehead atoms. The van der Waals surface area contributed by atoms with E-state index in [-0.39, 0.29) is 5.75 Å². The van der Waals surface area contributed by atoms with E-state index in [1.54, 1.807) is 6.07 Å². The van der Waals surface area contributed by atoms with E-state index in [1.807, 2.05) is 36.0 Å². The Morgan fingerprint density at radius 1 is 1.16 bits per heavy atom. The molecule has 2 N–H and O–H groups in total. The first-order chi connectivity index (χ1) is 9.22. The van der Waals surface area contributed by atoms with E-state index in [1.165, 1.54) is 10.5 Å². The Balaban J connectivity index is 2.12. The van der Waals surface area contributed by atoms with Crippen LogP contribution < -0.4 is 5.32 Å². The molecule has 0 spiro atoms. The molecule has 2 aromatic carbocycles. The van der Waals surface area contributed by atoms with Crippen molar-refractivity contribution in [2.75, 3.05) is 11.1 Å². The van der Waals surface area contributed by atoms with Crippen molar-refractivity contribution < 1.29 is 5.11 Å². The van der Waals surface area contributed by atoms with Crippen molar-refractivity contribution in [3.8, 4) is 5.75 Å². The van der Waals surface area contributed by atoms with Gasteiger partial charge in [0.2, 0.25) is 0 Å². The van der Waals surface area contributed by atoms with E-state index in [2.05, 4.69) is 24.4 Å². The van der Waals surface area contributed by atoms with E-state index < -0.39 is 0 Å². The highest BCUT2D eigenvalue weighted by atomic mass is 35.5. The van der Waals surface area contributed by atoms with Crippen molar-refractivity contribution in [3.63, 3.8) is 0 Å². The summed E-state index contributed by atoms with van der Waals surface area (Å²) in [6.07, 6.45) is 0. The Bertz CT molecular complexity index is 560. The summed E-state index contributed by atoms with van der Waals surface area (Å²) in [5.74, 6) is 1.14. The molecule has 0 atom stereocenters. The fourth-order valence-corrected chi connectivity index (χ4v) is 2.78. The number of benzene rings is 2. The van der Waals surface area contributed by atoms with Gasteiger partial charge in [0, 0.05) is 11.4 Å². The summed E-state index contributed by atoms with van der Waals surface area (Å²) in [6.45, 7) is 2.80. The van der Waals surface area contributed by atoms with Crippen LogP contribution in [0.1, 0.15) is 12.5 Å². The SMILES string of the molecule is CCSc1ccccc1CNc1cccc(Cl)c1O. The van der Waals surface area contributed by atoms with E-state index in [0.29, 0.717) is 17.3 Å². The Kier molecular flexibility index (Phi) is 5.00. The molecule has 19 heavy (non-hydrogen) atoms. The molecule has 0 amide bonds. The predicted octanol–water partition coefficient (Wildman–Crippen LogP) is 4.77. The number of hydrogen-bond donors (Lipinski definition) is 2. The van der Waals surface area contributed by atoms with Crippen LogP contribution in [-0.4, -0.2) is 10.9 Å². The lowest BCUT2D eigenvalue weighted by atomic mass is 10.2. The van der Waals surface area contributed by atoms with Crippen molar-refractivity contribution in [1.82, 2.24) is 0 Å². The van der Waals surface area contributed by atoms with Crippen molar-refractivity contribution in [2.24, 2.45) is 0 Å². The van der Waals surface area contributed by atoms with Crippen molar-refractivity contribution in [1.29, 1.82) is 0 Å². The largest absolute Gasteiger partial charge is 0.504 e. The summed E-state index contributed by atoms with van der Waals surface area (Å²) in [5, 5.41) is 13.4. The third-order valence-corrected chi connectivity index (χ3v) is 4.03. The predicted molar refractivity (Wildman–Crippen MR) is 83.3 cm³/mol. The number of thioether (sulfide) groups is 1. The second kappa shape index (κ2) is 6.73. The Morgan fingerprint density at radius 3 is 2.74 bits per heavy atom. The fourth-order valence-electron chi connectivity index (χ4n) is 1.79. The number of hydrogen-bond acceptors (Lipinski definition) is 3. The Hall–Kier alpha value is -1.32. The van der Waals surface area contributed by atoms with E-state index in [9.17, 15) is 5.11 Å². The maximum absolute atomic E-state index is 9.85. The molecule has 4 heteroatoms. The number of halogens is 1. The van der Waals surface area contributed by atoms with E-state index in [4.69, 9.17) is 11.6 Å². The molecule has 0 fully saturated rings. The van der Waals surface area contributed by atoms with Gasteiger partial charge in [-0.3, -0.25) is 0 Å². The lowest BCUT2D eigenvalue weighted by molar-refractivity contribution is 0.477. The number of para-hydroxylation sites is 1. The fraction of sp³-hybridized carbons (Fsp3) is 0.200. The minimum absolute atomic E-state index is 0.102.